The predicted octanol–water partition coefficient (Wildman–Crippen LogP) is 4.54. The highest BCUT2D eigenvalue weighted by Crippen LogP contribution is 2.35. The van der Waals surface area contributed by atoms with Gasteiger partial charge in [-0.15, -0.1) is 13.2 Å². The van der Waals surface area contributed by atoms with E-state index in [2.05, 4.69) is 44.4 Å². The molecule has 1 saturated heterocycles. The van der Waals surface area contributed by atoms with Crippen LogP contribution in [0.5, 0.6) is 5.75 Å². The van der Waals surface area contributed by atoms with Crippen LogP contribution < -0.4 is 15.3 Å². The normalized spacial score (nSPS) is 19.6. The van der Waals surface area contributed by atoms with E-state index in [1.807, 2.05) is 6.92 Å². The van der Waals surface area contributed by atoms with Crippen LogP contribution >= 0.6 is 0 Å². The van der Waals surface area contributed by atoms with E-state index >= 15 is 0 Å². The van der Waals surface area contributed by atoms with Gasteiger partial charge in [-0.05, 0) is 49.6 Å². The van der Waals surface area contributed by atoms with Crippen LogP contribution in [0.1, 0.15) is 50.9 Å². The van der Waals surface area contributed by atoms with E-state index in [0.29, 0.717) is 29.9 Å². The highest BCUT2D eigenvalue weighted by molar-refractivity contribution is 5.86. The van der Waals surface area contributed by atoms with Crippen molar-refractivity contribution in [3.05, 3.63) is 58.1 Å². The lowest BCUT2D eigenvalue weighted by molar-refractivity contribution is -0.274. The van der Waals surface area contributed by atoms with E-state index in [1.54, 1.807) is 31.3 Å². The minimum atomic E-state index is -4.73. The fraction of sp³-hybridized carbons (Fsp3) is 0.462. The molecular formula is C26H29F3N6O2. The van der Waals surface area contributed by atoms with E-state index in [1.165, 1.54) is 16.7 Å². The lowest BCUT2D eigenvalue weighted by atomic mass is 9.96. The van der Waals surface area contributed by atoms with Gasteiger partial charge in [0.2, 0.25) is 0 Å². The number of fused-ring (bicyclic) bond motifs is 1. The number of rotatable bonds is 6. The molecule has 0 saturated carbocycles. The van der Waals surface area contributed by atoms with Crippen molar-refractivity contribution in [1.29, 1.82) is 5.26 Å². The summed E-state index contributed by atoms with van der Waals surface area (Å²) in [5.41, 5.74) is 1.86. The number of nitrogens with zero attached hydrogens (tertiary/aromatic N) is 6. The Morgan fingerprint density at radius 3 is 2.43 bits per heavy atom. The number of nitriles is 1. The number of piperazine rings is 1. The zero-order valence-corrected chi connectivity index (χ0v) is 21.2. The lowest BCUT2D eigenvalue weighted by Gasteiger charge is -2.49. The summed E-state index contributed by atoms with van der Waals surface area (Å²) in [6.45, 7) is 7.41. The first kappa shape index (κ1) is 26.4. The van der Waals surface area contributed by atoms with Gasteiger partial charge >= 0.3 is 12.1 Å². The predicted molar refractivity (Wildman–Crippen MR) is 133 cm³/mol. The van der Waals surface area contributed by atoms with Crippen molar-refractivity contribution in [2.45, 2.75) is 58.1 Å². The maximum Gasteiger partial charge on any atom is 0.573 e. The van der Waals surface area contributed by atoms with Crippen LogP contribution in [0.3, 0.4) is 0 Å². The number of aryl methyl sites for hydroxylation is 1. The van der Waals surface area contributed by atoms with E-state index in [4.69, 9.17) is 0 Å². The topological polar surface area (TPSA) is 87.3 Å². The number of hydrogen-bond acceptors (Lipinski definition) is 7. The number of ether oxygens (including phenoxy) is 1. The molecule has 4 rings (SSSR count). The fourth-order valence-electron chi connectivity index (χ4n) is 5.13. The standard InChI is InChI=1S/C26H29F3N6O2/c1-5-19-15-34(24-23-22(33(4)25(36)32-24)12-9-18(13-30)31-23)16(3)14-35(19)21(6-2)17-7-10-20(11-8-17)37-26(27,28)29/h7-12,16,19,21H,5-6,14-15H2,1-4H3/t16-,19+,21-/m0/s1. The van der Waals surface area contributed by atoms with Gasteiger partial charge in [-0.2, -0.15) is 10.2 Å². The van der Waals surface area contributed by atoms with E-state index < -0.39 is 12.1 Å². The Morgan fingerprint density at radius 2 is 1.84 bits per heavy atom. The number of hydrogen-bond donors (Lipinski definition) is 0. The number of benzene rings is 1. The smallest absolute Gasteiger partial charge is 0.406 e. The summed E-state index contributed by atoms with van der Waals surface area (Å²) in [5.74, 6) is 0.215. The van der Waals surface area contributed by atoms with Gasteiger partial charge in [0, 0.05) is 38.3 Å². The zero-order chi connectivity index (χ0) is 26.9. The van der Waals surface area contributed by atoms with Crippen molar-refractivity contribution in [2.75, 3.05) is 18.0 Å². The summed E-state index contributed by atoms with van der Waals surface area (Å²) in [6, 6.07) is 11.5. The molecule has 8 nitrogen and oxygen atoms in total. The molecule has 0 unspecified atom stereocenters. The average molecular weight is 515 g/mol. The first-order chi connectivity index (χ1) is 17.6. The van der Waals surface area contributed by atoms with Crippen LogP contribution in [0, 0.1) is 11.3 Å². The van der Waals surface area contributed by atoms with Gasteiger partial charge < -0.3 is 9.64 Å². The molecule has 3 heterocycles. The van der Waals surface area contributed by atoms with Gasteiger partial charge in [0.25, 0.3) is 0 Å². The molecule has 3 atom stereocenters. The maximum absolute atomic E-state index is 12.7. The van der Waals surface area contributed by atoms with Crippen molar-refractivity contribution in [3.8, 4) is 11.8 Å². The second-order valence-corrected chi connectivity index (χ2v) is 9.25. The summed E-state index contributed by atoms with van der Waals surface area (Å²) in [5, 5.41) is 9.37. The molecule has 0 N–H and O–H groups in total. The van der Waals surface area contributed by atoms with Gasteiger partial charge in [0.15, 0.2) is 5.82 Å². The summed E-state index contributed by atoms with van der Waals surface area (Å²) < 4.78 is 43.2. The van der Waals surface area contributed by atoms with Crippen LogP contribution in [0.15, 0.2) is 41.2 Å². The van der Waals surface area contributed by atoms with Crippen LogP contribution in [0.4, 0.5) is 19.0 Å². The molecule has 0 aliphatic carbocycles. The molecule has 0 bridgehead atoms. The minimum Gasteiger partial charge on any atom is -0.406 e. The van der Waals surface area contributed by atoms with Crippen LogP contribution in [-0.2, 0) is 7.05 Å². The van der Waals surface area contributed by atoms with E-state index in [9.17, 15) is 23.2 Å². The Balaban J connectivity index is 1.66. The number of pyridine rings is 1. The Bertz CT molecular complexity index is 1370. The first-order valence-electron chi connectivity index (χ1n) is 12.2. The van der Waals surface area contributed by atoms with Crippen molar-refractivity contribution in [2.24, 2.45) is 7.05 Å². The molecule has 11 heteroatoms. The molecule has 2 aromatic heterocycles. The molecule has 1 aliphatic heterocycles. The quantitative estimate of drug-likeness (QED) is 0.477. The Kier molecular flexibility index (Phi) is 7.41. The van der Waals surface area contributed by atoms with Crippen LogP contribution in [-0.4, -0.2) is 51.0 Å². The maximum atomic E-state index is 12.7. The molecule has 0 radical (unpaired) electrons. The molecule has 0 spiro atoms. The van der Waals surface area contributed by atoms with Crippen molar-refractivity contribution >= 4 is 16.9 Å². The molecule has 1 fully saturated rings. The highest BCUT2D eigenvalue weighted by Gasteiger charge is 2.37. The molecule has 1 aromatic carbocycles. The number of aromatic nitrogens is 3. The van der Waals surface area contributed by atoms with Crippen molar-refractivity contribution in [3.63, 3.8) is 0 Å². The lowest BCUT2D eigenvalue weighted by Crippen LogP contribution is -2.58. The summed E-state index contributed by atoms with van der Waals surface area (Å²) in [4.78, 5) is 25.9. The fourth-order valence-corrected chi connectivity index (χ4v) is 5.13. The van der Waals surface area contributed by atoms with Crippen molar-refractivity contribution in [1.82, 2.24) is 19.4 Å². The van der Waals surface area contributed by atoms with E-state index in [0.717, 1.165) is 18.4 Å². The summed E-state index contributed by atoms with van der Waals surface area (Å²) in [6.07, 6.45) is -3.15. The third kappa shape index (κ3) is 5.39. The SMILES string of the molecule is CC[C@@H]1CN(c2nc(=O)n(C)c3ccc(C#N)nc23)[C@@H](C)CN1[C@@H](CC)c1ccc(OC(F)(F)F)cc1. The third-order valence-electron chi connectivity index (χ3n) is 6.96. The summed E-state index contributed by atoms with van der Waals surface area (Å²) >= 11 is 0. The van der Waals surface area contributed by atoms with Crippen LogP contribution in [0.25, 0.3) is 11.0 Å². The molecule has 0 amide bonds. The Morgan fingerprint density at radius 1 is 1.14 bits per heavy atom. The Hall–Kier alpha value is -3.65. The average Bonchev–Trinajstić information content (AvgIpc) is 2.86. The second-order valence-electron chi connectivity index (χ2n) is 9.25. The third-order valence-corrected chi connectivity index (χ3v) is 6.96. The molecule has 1 aliphatic rings. The van der Waals surface area contributed by atoms with Gasteiger partial charge in [0.05, 0.1) is 5.52 Å². The molecular weight excluding hydrogens is 485 g/mol. The highest BCUT2D eigenvalue weighted by atomic mass is 19.4. The molecule has 3 aromatic rings. The van der Waals surface area contributed by atoms with Gasteiger partial charge in [-0.25, -0.2) is 9.78 Å². The largest absolute Gasteiger partial charge is 0.573 e. The Labute approximate surface area is 212 Å². The van der Waals surface area contributed by atoms with Gasteiger partial charge in [-0.3, -0.25) is 9.47 Å². The molecule has 196 valence electrons. The zero-order valence-electron chi connectivity index (χ0n) is 21.2. The first-order valence-corrected chi connectivity index (χ1v) is 12.2. The van der Waals surface area contributed by atoms with Gasteiger partial charge in [0.1, 0.15) is 23.0 Å². The number of halogens is 3. The number of alkyl halides is 3. The second kappa shape index (κ2) is 10.4. The van der Waals surface area contributed by atoms with Crippen molar-refractivity contribution < 1.29 is 17.9 Å². The molecule has 37 heavy (non-hydrogen) atoms. The minimum absolute atomic E-state index is 0.00819. The van der Waals surface area contributed by atoms with Crippen LogP contribution in [0.2, 0.25) is 0 Å². The number of anilines is 1. The van der Waals surface area contributed by atoms with Gasteiger partial charge in [-0.1, -0.05) is 26.0 Å². The summed E-state index contributed by atoms with van der Waals surface area (Å²) in [7, 11) is 1.63. The van der Waals surface area contributed by atoms with E-state index in [-0.39, 0.29) is 29.6 Å². The monoisotopic (exact) mass is 514 g/mol.